The highest BCUT2D eigenvalue weighted by molar-refractivity contribution is 5.66. The minimum absolute atomic E-state index is 0.0710. The number of halogens is 3. The van der Waals surface area contributed by atoms with Gasteiger partial charge in [0.25, 0.3) is 0 Å². The summed E-state index contributed by atoms with van der Waals surface area (Å²) in [5, 5.41) is 18.1. The van der Waals surface area contributed by atoms with Gasteiger partial charge in [-0.1, -0.05) is 0 Å². The number of ether oxygens (including phenoxy) is 1. The van der Waals surface area contributed by atoms with Crippen LogP contribution in [-0.2, 0) is 6.18 Å². The number of amides is 1. The van der Waals surface area contributed by atoms with Crippen molar-refractivity contribution in [2.45, 2.75) is 24.7 Å². The lowest BCUT2D eigenvalue weighted by molar-refractivity contribution is -0.137. The van der Waals surface area contributed by atoms with Crippen LogP contribution in [0.15, 0.2) is 24.3 Å². The standard InChI is InChI=1S/C13H14F3NO4/c14-13(15,16)8-1-3-10(4-2-8)21-11-5-9(7-18)17(6-11)12(19)20/h1-4,9,11,18H,5-7H2,(H,19,20)/t9-,11?/m0/s1. The maximum absolute atomic E-state index is 12.4. The van der Waals surface area contributed by atoms with Crippen LogP contribution in [0, 0.1) is 0 Å². The van der Waals surface area contributed by atoms with E-state index < -0.39 is 30.0 Å². The molecule has 21 heavy (non-hydrogen) atoms. The second-order valence-electron chi connectivity index (χ2n) is 4.77. The molecule has 0 bridgehead atoms. The Balaban J connectivity index is 2.01. The van der Waals surface area contributed by atoms with Crippen LogP contribution in [-0.4, -0.2) is 46.5 Å². The Kier molecular flexibility index (Phi) is 4.26. The lowest BCUT2D eigenvalue weighted by Gasteiger charge is -2.18. The molecule has 1 aliphatic heterocycles. The summed E-state index contributed by atoms with van der Waals surface area (Å²) in [5.41, 5.74) is -0.776. The maximum atomic E-state index is 12.4. The Morgan fingerprint density at radius 3 is 2.38 bits per heavy atom. The largest absolute Gasteiger partial charge is 0.489 e. The normalized spacial score (nSPS) is 22.4. The third-order valence-corrected chi connectivity index (χ3v) is 3.32. The van der Waals surface area contributed by atoms with Crippen molar-refractivity contribution >= 4 is 6.09 Å². The van der Waals surface area contributed by atoms with E-state index in [1.807, 2.05) is 0 Å². The molecule has 1 unspecified atom stereocenters. The second-order valence-corrected chi connectivity index (χ2v) is 4.77. The zero-order valence-corrected chi connectivity index (χ0v) is 10.9. The quantitative estimate of drug-likeness (QED) is 0.898. The monoisotopic (exact) mass is 305 g/mol. The number of aliphatic hydroxyl groups is 1. The molecule has 1 heterocycles. The first-order valence-electron chi connectivity index (χ1n) is 6.25. The molecule has 116 valence electrons. The first-order valence-corrected chi connectivity index (χ1v) is 6.25. The van der Waals surface area contributed by atoms with Crippen LogP contribution in [0.4, 0.5) is 18.0 Å². The van der Waals surface area contributed by atoms with Crippen molar-refractivity contribution < 1.29 is 32.9 Å². The molecule has 8 heteroatoms. The van der Waals surface area contributed by atoms with Gasteiger partial charge in [0.1, 0.15) is 11.9 Å². The number of carbonyl (C=O) groups is 1. The maximum Gasteiger partial charge on any atom is 0.416 e. The molecule has 0 radical (unpaired) electrons. The lowest BCUT2D eigenvalue weighted by Crippen LogP contribution is -2.36. The summed E-state index contributed by atoms with van der Waals surface area (Å²) in [7, 11) is 0. The van der Waals surface area contributed by atoms with E-state index in [-0.39, 0.29) is 18.9 Å². The first-order chi connectivity index (χ1) is 9.81. The third kappa shape index (κ3) is 3.57. The average Bonchev–Trinajstić information content (AvgIpc) is 2.81. The van der Waals surface area contributed by atoms with Gasteiger partial charge in [-0.2, -0.15) is 13.2 Å². The Bertz CT molecular complexity index is 503. The van der Waals surface area contributed by atoms with Crippen LogP contribution in [0.3, 0.4) is 0 Å². The molecular formula is C13H14F3NO4. The van der Waals surface area contributed by atoms with Gasteiger partial charge in [-0.15, -0.1) is 0 Å². The first kappa shape index (κ1) is 15.4. The summed E-state index contributed by atoms with van der Waals surface area (Å²) in [6, 6.07) is 3.65. The fourth-order valence-corrected chi connectivity index (χ4v) is 2.28. The van der Waals surface area contributed by atoms with Crippen LogP contribution in [0.25, 0.3) is 0 Å². The van der Waals surface area contributed by atoms with Crippen molar-refractivity contribution in [2.24, 2.45) is 0 Å². The number of aliphatic hydroxyl groups excluding tert-OH is 1. The molecule has 0 aliphatic carbocycles. The summed E-state index contributed by atoms with van der Waals surface area (Å²) in [5.74, 6) is 0.233. The van der Waals surface area contributed by atoms with Gasteiger partial charge in [0.05, 0.1) is 24.8 Å². The number of benzene rings is 1. The van der Waals surface area contributed by atoms with Crippen LogP contribution < -0.4 is 4.74 Å². The van der Waals surface area contributed by atoms with E-state index in [4.69, 9.17) is 14.9 Å². The number of likely N-dealkylation sites (tertiary alicyclic amines) is 1. The van der Waals surface area contributed by atoms with Crippen molar-refractivity contribution in [2.75, 3.05) is 13.2 Å². The summed E-state index contributed by atoms with van der Waals surface area (Å²) in [6.45, 7) is -0.249. The molecule has 2 atom stereocenters. The molecule has 2 N–H and O–H groups in total. The van der Waals surface area contributed by atoms with E-state index in [1.165, 1.54) is 12.1 Å². The Morgan fingerprint density at radius 1 is 1.33 bits per heavy atom. The van der Waals surface area contributed by atoms with Crippen molar-refractivity contribution in [3.63, 3.8) is 0 Å². The Labute approximate surface area is 118 Å². The van der Waals surface area contributed by atoms with Gasteiger partial charge in [-0.05, 0) is 24.3 Å². The molecule has 1 saturated heterocycles. The molecule has 2 rings (SSSR count). The van der Waals surface area contributed by atoms with Gasteiger partial charge in [0.15, 0.2) is 0 Å². The molecule has 0 saturated carbocycles. The number of hydrogen-bond donors (Lipinski definition) is 2. The van der Waals surface area contributed by atoms with Crippen molar-refractivity contribution in [1.29, 1.82) is 0 Å². The highest BCUT2D eigenvalue weighted by Crippen LogP contribution is 2.31. The molecule has 1 amide bonds. The second kappa shape index (κ2) is 5.80. The van der Waals surface area contributed by atoms with Crippen LogP contribution in [0.2, 0.25) is 0 Å². The van der Waals surface area contributed by atoms with Crippen molar-refractivity contribution in [3.8, 4) is 5.75 Å². The van der Waals surface area contributed by atoms with Crippen LogP contribution >= 0.6 is 0 Å². The summed E-state index contributed by atoms with van der Waals surface area (Å²) >= 11 is 0. The van der Waals surface area contributed by atoms with E-state index in [0.29, 0.717) is 6.42 Å². The smallest absolute Gasteiger partial charge is 0.416 e. The molecule has 1 aromatic carbocycles. The predicted molar refractivity (Wildman–Crippen MR) is 66.1 cm³/mol. The fourth-order valence-electron chi connectivity index (χ4n) is 2.28. The van der Waals surface area contributed by atoms with E-state index in [1.54, 1.807) is 0 Å². The Morgan fingerprint density at radius 2 is 1.95 bits per heavy atom. The van der Waals surface area contributed by atoms with Gasteiger partial charge in [0.2, 0.25) is 0 Å². The number of alkyl halides is 3. The minimum Gasteiger partial charge on any atom is -0.489 e. The topological polar surface area (TPSA) is 70.0 Å². The third-order valence-electron chi connectivity index (χ3n) is 3.32. The van der Waals surface area contributed by atoms with Gasteiger partial charge in [-0.3, -0.25) is 4.90 Å². The van der Waals surface area contributed by atoms with Crippen LogP contribution in [0.5, 0.6) is 5.75 Å². The van der Waals surface area contributed by atoms with Gasteiger partial charge in [-0.25, -0.2) is 4.79 Å². The number of nitrogens with zero attached hydrogens (tertiary/aromatic N) is 1. The predicted octanol–water partition coefficient (Wildman–Crippen LogP) is 2.20. The zero-order valence-electron chi connectivity index (χ0n) is 10.9. The van der Waals surface area contributed by atoms with E-state index in [2.05, 4.69) is 0 Å². The Hall–Kier alpha value is -1.96. The lowest BCUT2D eigenvalue weighted by atomic mass is 10.2. The fraction of sp³-hybridized carbons (Fsp3) is 0.462. The SMILES string of the molecule is O=C(O)N1CC(Oc2ccc(C(F)(F)F)cc2)C[C@H]1CO. The van der Waals surface area contributed by atoms with Gasteiger partial charge >= 0.3 is 12.3 Å². The van der Waals surface area contributed by atoms with E-state index in [9.17, 15) is 18.0 Å². The van der Waals surface area contributed by atoms with Crippen LogP contribution in [0.1, 0.15) is 12.0 Å². The minimum atomic E-state index is -4.41. The van der Waals surface area contributed by atoms with Gasteiger partial charge < -0.3 is 14.9 Å². The highest BCUT2D eigenvalue weighted by Gasteiger charge is 2.36. The molecule has 5 nitrogen and oxygen atoms in total. The van der Waals surface area contributed by atoms with Gasteiger partial charge in [0, 0.05) is 6.42 Å². The van der Waals surface area contributed by atoms with E-state index in [0.717, 1.165) is 17.0 Å². The molecule has 1 aliphatic rings. The molecular weight excluding hydrogens is 291 g/mol. The summed E-state index contributed by atoms with van der Waals surface area (Å²) in [4.78, 5) is 12.0. The number of carboxylic acid groups (broad SMARTS) is 1. The highest BCUT2D eigenvalue weighted by atomic mass is 19.4. The summed E-state index contributed by atoms with van der Waals surface area (Å²) in [6.07, 6.45) is -5.76. The number of rotatable bonds is 3. The van der Waals surface area contributed by atoms with Crippen molar-refractivity contribution in [3.05, 3.63) is 29.8 Å². The van der Waals surface area contributed by atoms with Crippen molar-refractivity contribution in [1.82, 2.24) is 4.90 Å². The van der Waals surface area contributed by atoms with E-state index >= 15 is 0 Å². The number of hydrogen-bond acceptors (Lipinski definition) is 3. The molecule has 0 aromatic heterocycles. The molecule has 1 aromatic rings. The molecule has 0 spiro atoms. The molecule has 1 fully saturated rings. The average molecular weight is 305 g/mol. The zero-order chi connectivity index (χ0) is 15.6. The summed E-state index contributed by atoms with van der Waals surface area (Å²) < 4.78 is 42.7.